The van der Waals surface area contributed by atoms with Crippen molar-refractivity contribution >= 4 is 23.4 Å². The van der Waals surface area contributed by atoms with Crippen LogP contribution in [0.5, 0.6) is 0 Å². The van der Waals surface area contributed by atoms with Crippen LogP contribution < -0.4 is 4.90 Å². The molecule has 6 nitrogen and oxygen atoms in total. The van der Waals surface area contributed by atoms with Crippen molar-refractivity contribution in [1.82, 2.24) is 9.80 Å². The lowest BCUT2D eigenvalue weighted by Crippen LogP contribution is -2.51. The molecule has 0 bridgehead atoms. The third-order valence-electron chi connectivity index (χ3n) is 9.48. The van der Waals surface area contributed by atoms with Crippen molar-refractivity contribution in [2.45, 2.75) is 49.9 Å². The second-order valence-corrected chi connectivity index (χ2v) is 13.8. The number of benzene rings is 4. The Morgan fingerprint density at radius 3 is 2.38 bits per heavy atom. The molecular weight excluding hydrogens is 710 g/mol. The number of anilines is 1. The van der Waals surface area contributed by atoms with Gasteiger partial charge >= 0.3 is 6.18 Å². The second-order valence-electron chi connectivity index (χ2n) is 12.8. The molecule has 0 radical (unpaired) electrons. The number of alkyl halides is 3. The highest BCUT2D eigenvalue weighted by molar-refractivity contribution is 8.02. The highest BCUT2D eigenvalue weighted by Crippen LogP contribution is 2.41. The van der Waals surface area contributed by atoms with Crippen molar-refractivity contribution in [1.29, 1.82) is 0 Å². The Morgan fingerprint density at radius 1 is 1.02 bits per heavy atom. The second kappa shape index (κ2) is 16.8. The van der Waals surface area contributed by atoms with E-state index in [2.05, 4.69) is 0 Å². The van der Waals surface area contributed by atoms with Crippen LogP contribution in [0.2, 0.25) is 0 Å². The molecule has 0 aliphatic carbocycles. The molecule has 2 aliphatic heterocycles. The zero-order chi connectivity index (χ0) is 42.9. The number of halogens is 5. The first-order valence-corrected chi connectivity index (χ1v) is 18.0. The summed E-state index contributed by atoms with van der Waals surface area (Å²) in [5, 5.41) is 11.5. The van der Waals surface area contributed by atoms with Gasteiger partial charge in [0.25, 0.3) is 0 Å². The summed E-state index contributed by atoms with van der Waals surface area (Å²) in [6, 6.07) is 19.5. The first-order valence-electron chi connectivity index (χ1n) is 20.0. The van der Waals surface area contributed by atoms with E-state index in [-0.39, 0.29) is 43.8 Å². The average molecular weight is 758 g/mol. The normalized spacial score (nSPS) is 20.1. The molecule has 0 spiro atoms. The Morgan fingerprint density at radius 2 is 1.70 bits per heavy atom. The molecule has 2 unspecified atom stereocenters. The Bertz CT molecular complexity index is 2150. The van der Waals surface area contributed by atoms with Crippen molar-refractivity contribution in [2.24, 2.45) is 0 Å². The van der Waals surface area contributed by atoms with Gasteiger partial charge in [0, 0.05) is 58.0 Å². The van der Waals surface area contributed by atoms with Gasteiger partial charge < -0.3 is 24.5 Å². The predicted molar refractivity (Wildman–Crippen MR) is 198 cm³/mol. The van der Waals surface area contributed by atoms with Crippen LogP contribution in [0.25, 0.3) is 11.1 Å². The van der Waals surface area contributed by atoms with Crippen molar-refractivity contribution in [3.05, 3.63) is 136 Å². The number of nitrogens with zero attached hydrogens (tertiary/aromatic N) is 3. The summed E-state index contributed by atoms with van der Waals surface area (Å²) in [5.74, 6) is -2.58. The number of likely N-dealkylation sites (tertiary alicyclic amines) is 1. The standard InChI is InChI=1S/C41H42F5N3O3S/c1-27(28-10-12-29(13-11-28)30-14-16-32(17-15-30)41(44,45)46)49(33-18-20-47(21-19-33)22-23-52-2)38(51)25-48-36-9-4-3-7-34(36)37(50)24-39(48)53-26-31-6-5-8-35(42)40(31)43/h3-17,24,27,33,37,50H,18-23,25-26H2,1-2H3/i2D3,22D2,27D. The summed E-state index contributed by atoms with van der Waals surface area (Å²) in [5.41, 5.74) is 1.74. The van der Waals surface area contributed by atoms with E-state index in [1.807, 2.05) is 0 Å². The van der Waals surface area contributed by atoms with E-state index in [0.717, 1.165) is 30.0 Å². The lowest BCUT2D eigenvalue weighted by Gasteiger charge is -2.43. The SMILES string of the molecule is [2H]C([2H])([2H])OCC([2H])([2H])N1CCC(N(C(=O)CN2C(SCc3cccc(F)c3F)=CC(O)c3ccccc32)C([2H])(C)c2ccc(-c3ccc(C(F)(F)F)cc3)cc2)CC1. The van der Waals surface area contributed by atoms with Crippen LogP contribution in [-0.4, -0.2) is 66.6 Å². The van der Waals surface area contributed by atoms with Gasteiger partial charge in [-0.05, 0) is 66.8 Å². The fourth-order valence-corrected chi connectivity index (χ4v) is 7.76. The topological polar surface area (TPSA) is 56.2 Å². The number of hydrogen-bond acceptors (Lipinski definition) is 6. The van der Waals surface area contributed by atoms with Crippen molar-refractivity contribution in [3.8, 4) is 11.1 Å². The minimum absolute atomic E-state index is 0.0356. The number of piperidine rings is 1. The number of carbonyl (C=O) groups is 1. The summed E-state index contributed by atoms with van der Waals surface area (Å²) < 4.78 is 122. The summed E-state index contributed by atoms with van der Waals surface area (Å²) in [4.78, 5) is 19.4. The molecule has 2 aliphatic rings. The van der Waals surface area contributed by atoms with Gasteiger partial charge in [0.05, 0.1) is 28.7 Å². The maximum Gasteiger partial charge on any atom is 0.416 e. The smallest absolute Gasteiger partial charge is 0.384 e. The van der Waals surface area contributed by atoms with E-state index in [4.69, 9.17) is 11.6 Å². The van der Waals surface area contributed by atoms with Crippen LogP contribution in [-0.2, 0) is 21.5 Å². The fourth-order valence-electron chi connectivity index (χ4n) is 6.69. The Balaban J connectivity index is 1.31. The molecule has 1 N–H and O–H groups in total. The third kappa shape index (κ3) is 8.95. The minimum atomic E-state index is -4.50. The Labute approximate surface area is 319 Å². The van der Waals surface area contributed by atoms with Crippen molar-refractivity contribution in [3.63, 3.8) is 0 Å². The number of methoxy groups -OCH3 is 1. The van der Waals surface area contributed by atoms with E-state index >= 15 is 0 Å². The third-order valence-corrected chi connectivity index (χ3v) is 10.6. The van der Waals surface area contributed by atoms with Gasteiger partial charge in [-0.15, -0.1) is 11.8 Å². The van der Waals surface area contributed by atoms with E-state index in [1.54, 1.807) is 60.4 Å². The molecule has 6 rings (SSSR count). The van der Waals surface area contributed by atoms with Gasteiger partial charge in [0.1, 0.15) is 12.6 Å². The zero-order valence-electron chi connectivity index (χ0n) is 34.7. The fraction of sp³-hybridized carbons (Fsp3) is 0.341. The van der Waals surface area contributed by atoms with Crippen LogP contribution in [0.4, 0.5) is 27.6 Å². The highest BCUT2D eigenvalue weighted by Gasteiger charge is 2.35. The summed E-state index contributed by atoms with van der Waals surface area (Å²) in [6.45, 7) is -1.49. The van der Waals surface area contributed by atoms with Gasteiger partial charge in [-0.25, -0.2) is 8.78 Å². The number of hydrogen-bond donors (Lipinski definition) is 1. The van der Waals surface area contributed by atoms with Gasteiger partial charge in [-0.2, -0.15) is 13.2 Å². The molecule has 0 saturated carbocycles. The number of rotatable bonds is 12. The van der Waals surface area contributed by atoms with Crippen LogP contribution in [0.15, 0.2) is 102 Å². The largest absolute Gasteiger partial charge is 0.416 e. The molecule has 4 aromatic rings. The van der Waals surface area contributed by atoms with Crippen LogP contribution in [0, 0.1) is 11.6 Å². The molecule has 1 fully saturated rings. The molecule has 1 saturated heterocycles. The molecule has 12 heteroatoms. The number of amides is 1. The maximum atomic E-state index is 14.9. The summed E-state index contributed by atoms with van der Waals surface area (Å²) in [6.07, 6.45) is -3.66. The molecule has 53 heavy (non-hydrogen) atoms. The van der Waals surface area contributed by atoms with E-state index in [0.29, 0.717) is 33.0 Å². The number of ether oxygens (including phenoxy) is 1. The van der Waals surface area contributed by atoms with Gasteiger partial charge in [0.15, 0.2) is 11.6 Å². The average Bonchev–Trinajstić information content (AvgIpc) is 3.19. The molecule has 4 aromatic carbocycles. The van der Waals surface area contributed by atoms with E-state index in [1.165, 1.54) is 40.1 Å². The molecular formula is C41H42F5N3O3S. The van der Waals surface area contributed by atoms with Gasteiger partial charge in [-0.1, -0.05) is 66.7 Å². The zero-order valence-corrected chi connectivity index (χ0v) is 29.6. The lowest BCUT2D eigenvalue weighted by atomic mass is 9.96. The molecule has 0 aromatic heterocycles. The number of aliphatic hydroxyl groups excluding tert-OH is 1. The maximum absolute atomic E-state index is 14.9. The van der Waals surface area contributed by atoms with E-state index in [9.17, 15) is 33.2 Å². The minimum Gasteiger partial charge on any atom is -0.384 e. The monoisotopic (exact) mass is 757 g/mol. The number of fused-ring (bicyclic) bond motifs is 1. The van der Waals surface area contributed by atoms with Crippen molar-refractivity contribution in [2.75, 3.05) is 44.7 Å². The number of thioether (sulfide) groups is 1. The Hall–Kier alpha value is -4.23. The van der Waals surface area contributed by atoms with Crippen molar-refractivity contribution < 1.29 is 44.8 Å². The highest BCUT2D eigenvalue weighted by atomic mass is 32.2. The molecule has 1 amide bonds. The number of aliphatic hydroxyl groups is 1. The summed E-state index contributed by atoms with van der Waals surface area (Å²) in [7, 11) is -2.80. The predicted octanol–water partition coefficient (Wildman–Crippen LogP) is 8.98. The number of carbonyl (C=O) groups excluding carboxylic acids is 1. The molecule has 2 heterocycles. The first kappa shape index (κ1) is 31.2. The van der Waals surface area contributed by atoms with Gasteiger partial charge in [0.2, 0.25) is 5.91 Å². The Kier molecular flexibility index (Phi) is 9.90. The van der Waals surface area contributed by atoms with Crippen LogP contribution in [0.3, 0.4) is 0 Å². The van der Waals surface area contributed by atoms with Crippen LogP contribution >= 0.6 is 11.8 Å². The van der Waals surface area contributed by atoms with E-state index < -0.39 is 67.6 Å². The molecule has 280 valence electrons. The molecule has 2 atom stereocenters. The first-order chi connectivity index (χ1) is 27.7. The van der Waals surface area contributed by atoms with Gasteiger partial charge in [-0.3, -0.25) is 4.79 Å². The lowest BCUT2D eigenvalue weighted by molar-refractivity contribution is -0.137. The van der Waals surface area contributed by atoms with Crippen LogP contribution in [0.1, 0.15) is 62.4 Å². The quantitative estimate of drug-likeness (QED) is 0.146. The summed E-state index contributed by atoms with van der Waals surface area (Å²) >= 11 is 1.09. The number of para-hydroxylation sites is 1.